The number of rotatable bonds is 4. The van der Waals surface area contributed by atoms with Gasteiger partial charge in [-0.2, -0.15) is 4.98 Å². The molecule has 0 radical (unpaired) electrons. The largest absolute Gasteiger partial charge is 0.481 e. The van der Waals surface area contributed by atoms with Crippen molar-refractivity contribution in [2.75, 3.05) is 19.0 Å². The monoisotopic (exact) mass is 195 g/mol. The molecular weight excluding hydrogens is 178 g/mol. The second-order valence-electron chi connectivity index (χ2n) is 3.01. The highest BCUT2D eigenvalue weighted by molar-refractivity contribution is 5.48. The van der Waals surface area contributed by atoms with E-state index in [1.807, 2.05) is 20.8 Å². The summed E-state index contributed by atoms with van der Waals surface area (Å²) in [5.41, 5.74) is 0.964. The van der Waals surface area contributed by atoms with Gasteiger partial charge in [-0.1, -0.05) is 6.92 Å². The van der Waals surface area contributed by atoms with Crippen LogP contribution in [0.3, 0.4) is 0 Å². The maximum absolute atomic E-state index is 5.18. The molecular formula is C10H17N3O. The van der Waals surface area contributed by atoms with E-state index in [1.54, 1.807) is 7.11 Å². The van der Waals surface area contributed by atoms with Crippen molar-refractivity contribution in [1.82, 2.24) is 9.97 Å². The molecule has 78 valence electrons. The van der Waals surface area contributed by atoms with Gasteiger partial charge in [-0.05, 0) is 13.8 Å². The number of methoxy groups -OCH3 is 1. The van der Waals surface area contributed by atoms with Crippen LogP contribution < -0.4 is 10.1 Å². The standard InChI is InChI=1S/C10H17N3O/c1-5-8-12-9(11-6-2)7(3)10(13-8)14-4/h5-6H2,1-4H3,(H,11,12,13). The van der Waals surface area contributed by atoms with E-state index < -0.39 is 0 Å². The molecule has 0 amide bonds. The van der Waals surface area contributed by atoms with Gasteiger partial charge in [0.25, 0.3) is 0 Å². The molecule has 4 heteroatoms. The molecule has 1 heterocycles. The molecule has 0 unspecified atom stereocenters. The Bertz CT molecular complexity index is 312. The molecule has 4 nitrogen and oxygen atoms in total. The molecule has 0 aliphatic heterocycles. The predicted octanol–water partition coefficient (Wildman–Crippen LogP) is 1.79. The molecule has 0 bridgehead atoms. The highest BCUT2D eigenvalue weighted by atomic mass is 16.5. The Hall–Kier alpha value is -1.32. The van der Waals surface area contributed by atoms with E-state index in [9.17, 15) is 0 Å². The van der Waals surface area contributed by atoms with Gasteiger partial charge >= 0.3 is 0 Å². The van der Waals surface area contributed by atoms with Gasteiger partial charge in [0.15, 0.2) is 0 Å². The van der Waals surface area contributed by atoms with E-state index in [2.05, 4.69) is 15.3 Å². The van der Waals surface area contributed by atoms with E-state index >= 15 is 0 Å². The van der Waals surface area contributed by atoms with Crippen molar-refractivity contribution in [3.63, 3.8) is 0 Å². The lowest BCUT2D eigenvalue weighted by Crippen LogP contribution is -2.07. The summed E-state index contributed by atoms with van der Waals surface area (Å²) in [6.07, 6.45) is 0.815. The third-order valence-corrected chi connectivity index (χ3v) is 2.00. The van der Waals surface area contributed by atoms with Crippen LogP contribution in [0, 0.1) is 6.92 Å². The van der Waals surface area contributed by atoms with Gasteiger partial charge < -0.3 is 10.1 Å². The van der Waals surface area contributed by atoms with Crippen molar-refractivity contribution in [1.29, 1.82) is 0 Å². The van der Waals surface area contributed by atoms with Crippen LogP contribution in [-0.4, -0.2) is 23.6 Å². The zero-order chi connectivity index (χ0) is 10.6. The van der Waals surface area contributed by atoms with Gasteiger partial charge in [-0.15, -0.1) is 0 Å². The summed E-state index contributed by atoms with van der Waals surface area (Å²) in [6.45, 7) is 6.87. The summed E-state index contributed by atoms with van der Waals surface area (Å²) in [6, 6.07) is 0. The van der Waals surface area contributed by atoms with Crippen LogP contribution in [0.25, 0.3) is 0 Å². The van der Waals surface area contributed by atoms with Crippen molar-refractivity contribution < 1.29 is 4.74 Å². The number of anilines is 1. The maximum Gasteiger partial charge on any atom is 0.221 e. The minimum absolute atomic E-state index is 0.660. The Balaban J connectivity index is 3.12. The zero-order valence-electron chi connectivity index (χ0n) is 9.22. The summed E-state index contributed by atoms with van der Waals surface area (Å²) in [5.74, 6) is 2.34. The molecule has 0 saturated heterocycles. The highest BCUT2D eigenvalue weighted by Gasteiger charge is 2.09. The summed E-state index contributed by atoms with van der Waals surface area (Å²) >= 11 is 0. The first-order valence-corrected chi connectivity index (χ1v) is 4.88. The Morgan fingerprint density at radius 3 is 2.50 bits per heavy atom. The fraction of sp³-hybridized carbons (Fsp3) is 0.600. The quantitative estimate of drug-likeness (QED) is 0.795. The van der Waals surface area contributed by atoms with Crippen LogP contribution in [0.2, 0.25) is 0 Å². The summed E-state index contributed by atoms with van der Waals surface area (Å²) in [5, 5.41) is 3.19. The van der Waals surface area contributed by atoms with E-state index in [0.717, 1.165) is 30.2 Å². The molecule has 0 spiro atoms. The third kappa shape index (κ3) is 2.13. The van der Waals surface area contributed by atoms with E-state index in [-0.39, 0.29) is 0 Å². The first kappa shape index (κ1) is 10.8. The number of aromatic nitrogens is 2. The number of nitrogens with zero attached hydrogens (tertiary/aromatic N) is 2. The van der Waals surface area contributed by atoms with Crippen molar-refractivity contribution in [3.05, 3.63) is 11.4 Å². The topological polar surface area (TPSA) is 47.0 Å². The van der Waals surface area contributed by atoms with Crippen LogP contribution in [0.1, 0.15) is 25.2 Å². The fourth-order valence-electron chi connectivity index (χ4n) is 1.24. The Morgan fingerprint density at radius 2 is 2.00 bits per heavy atom. The Morgan fingerprint density at radius 1 is 1.29 bits per heavy atom. The fourth-order valence-corrected chi connectivity index (χ4v) is 1.24. The van der Waals surface area contributed by atoms with Gasteiger partial charge in [-0.25, -0.2) is 4.98 Å². The molecule has 0 aromatic carbocycles. The van der Waals surface area contributed by atoms with Gasteiger partial charge in [0, 0.05) is 13.0 Å². The lowest BCUT2D eigenvalue weighted by Gasteiger charge is -2.11. The summed E-state index contributed by atoms with van der Waals surface area (Å²) in [4.78, 5) is 8.67. The lowest BCUT2D eigenvalue weighted by molar-refractivity contribution is 0.392. The van der Waals surface area contributed by atoms with Gasteiger partial charge in [0.1, 0.15) is 11.6 Å². The normalized spacial score (nSPS) is 10.0. The van der Waals surface area contributed by atoms with Gasteiger partial charge in [-0.3, -0.25) is 0 Å². The number of hydrogen-bond donors (Lipinski definition) is 1. The first-order valence-electron chi connectivity index (χ1n) is 4.88. The van der Waals surface area contributed by atoms with Crippen molar-refractivity contribution in [2.45, 2.75) is 27.2 Å². The lowest BCUT2D eigenvalue weighted by atomic mass is 10.3. The van der Waals surface area contributed by atoms with Crippen LogP contribution in [0.15, 0.2) is 0 Å². The van der Waals surface area contributed by atoms with Crippen LogP contribution >= 0.6 is 0 Å². The number of hydrogen-bond acceptors (Lipinski definition) is 4. The number of ether oxygens (including phenoxy) is 1. The minimum Gasteiger partial charge on any atom is -0.481 e. The highest BCUT2D eigenvalue weighted by Crippen LogP contribution is 2.21. The smallest absolute Gasteiger partial charge is 0.221 e. The van der Waals surface area contributed by atoms with Crippen molar-refractivity contribution >= 4 is 5.82 Å². The molecule has 0 aliphatic carbocycles. The predicted molar refractivity (Wildman–Crippen MR) is 56.9 cm³/mol. The molecule has 14 heavy (non-hydrogen) atoms. The average Bonchev–Trinajstić information content (AvgIpc) is 2.21. The van der Waals surface area contributed by atoms with Gasteiger partial charge in [0.2, 0.25) is 5.88 Å². The third-order valence-electron chi connectivity index (χ3n) is 2.00. The van der Waals surface area contributed by atoms with Crippen molar-refractivity contribution in [2.24, 2.45) is 0 Å². The van der Waals surface area contributed by atoms with E-state index in [0.29, 0.717) is 5.88 Å². The second-order valence-corrected chi connectivity index (χ2v) is 3.01. The summed E-state index contributed by atoms with van der Waals surface area (Å²) < 4.78 is 5.18. The van der Waals surface area contributed by atoms with Crippen molar-refractivity contribution in [3.8, 4) is 5.88 Å². The van der Waals surface area contributed by atoms with Crippen LogP contribution in [0.5, 0.6) is 5.88 Å². The molecule has 1 aromatic heterocycles. The zero-order valence-corrected chi connectivity index (χ0v) is 9.22. The van der Waals surface area contributed by atoms with Gasteiger partial charge in [0.05, 0.1) is 12.7 Å². The molecule has 0 atom stereocenters. The second kappa shape index (κ2) is 4.79. The maximum atomic E-state index is 5.18. The molecule has 0 fully saturated rings. The van der Waals surface area contributed by atoms with E-state index in [1.165, 1.54) is 0 Å². The Labute approximate surface area is 84.7 Å². The molecule has 0 aliphatic rings. The minimum atomic E-state index is 0.660. The van der Waals surface area contributed by atoms with Crippen LogP contribution in [0.4, 0.5) is 5.82 Å². The Kier molecular flexibility index (Phi) is 3.68. The molecule has 0 saturated carbocycles. The van der Waals surface area contributed by atoms with E-state index in [4.69, 9.17) is 4.74 Å². The average molecular weight is 195 g/mol. The first-order chi connectivity index (χ1) is 6.72. The summed E-state index contributed by atoms with van der Waals surface area (Å²) in [7, 11) is 1.63. The molecule has 1 aromatic rings. The number of aryl methyl sites for hydroxylation is 1. The van der Waals surface area contributed by atoms with Crippen LogP contribution in [-0.2, 0) is 6.42 Å². The number of nitrogens with one attached hydrogen (secondary N) is 1. The molecule has 1 N–H and O–H groups in total. The SMILES string of the molecule is CCNc1nc(CC)nc(OC)c1C. The molecule has 1 rings (SSSR count).